The van der Waals surface area contributed by atoms with Crippen LogP contribution in [-0.4, -0.2) is 10.1 Å². The fraction of sp³-hybridized carbons (Fsp3) is 0. The molecule has 0 spiro atoms. The number of anilines is 1. The van der Waals surface area contributed by atoms with Gasteiger partial charge in [-0.2, -0.15) is 0 Å². The Balaban J connectivity index is 1.95. The summed E-state index contributed by atoms with van der Waals surface area (Å²) in [5.74, 6) is 0. The maximum absolute atomic E-state index is 5.44. The van der Waals surface area contributed by atoms with E-state index in [1.165, 1.54) is 5.39 Å². The van der Waals surface area contributed by atoms with E-state index in [1.807, 2.05) is 36.4 Å². The lowest BCUT2D eigenvalue weighted by atomic mass is 10.1. The van der Waals surface area contributed by atoms with Gasteiger partial charge in [0.05, 0.1) is 0 Å². The molecular formula is C15H13N3S. The summed E-state index contributed by atoms with van der Waals surface area (Å²) in [6.45, 7) is 0. The summed E-state index contributed by atoms with van der Waals surface area (Å²) in [6, 6.07) is 18.4. The number of nitrogens with two attached hydrogens (primary N) is 1. The molecule has 4 heteroatoms. The number of aromatic nitrogens is 1. The van der Waals surface area contributed by atoms with Crippen LogP contribution in [0.25, 0.3) is 22.2 Å². The van der Waals surface area contributed by atoms with Gasteiger partial charge in [-0.15, -0.1) is 0 Å². The number of H-pyrrole nitrogens is 1. The first kappa shape index (κ1) is 11.7. The third-order valence-electron chi connectivity index (χ3n) is 2.99. The number of nitrogens with one attached hydrogen (secondary N) is 2. The quantitative estimate of drug-likeness (QED) is 0.623. The second-order valence-electron chi connectivity index (χ2n) is 4.34. The van der Waals surface area contributed by atoms with Crippen LogP contribution in [-0.2, 0) is 0 Å². The van der Waals surface area contributed by atoms with Crippen molar-refractivity contribution in [1.82, 2.24) is 4.98 Å². The van der Waals surface area contributed by atoms with Gasteiger partial charge in [0.1, 0.15) is 0 Å². The van der Waals surface area contributed by atoms with Crippen molar-refractivity contribution >= 4 is 33.9 Å². The summed E-state index contributed by atoms with van der Waals surface area (Å²) in [6.07, 6.45) is 0. The number of rotatable bonds is 2. The minimum atomic E-state index is 0.276. The maximum Gasteiger partial charge on any atom is 0.168 e. The molecule has 0 saturated heterocycles. The van der Waals surface area contributed by atoms with Gasteiger partial charge in [0, 0.05) is 22.3 Å². The summed E-state index contributed by atoms with van der Waals surface area (Å²) < 4.78 is 0. The van der Waals surface area contributed by atoms with E-state index >= 15 is 0 Å². The molecule has 0 radical (unpaired) electrons. The number of fused-ring (bicyclic) bond motifs is 1. The highest BCUT2D eigenvalue weighted by atomic mass is 32.1. The van der Waals surface area contributed by atoms with Crippen molar-refractivity contribution in [2.75, 3.05) is 5.32 Å². The second-order valence-corrected chi connectivity index (χ2v) is 4.78. The summed E-state index contributed by atoms with van der Waals surface area (Å²) in [5, 5.41) is 4.40. The topological polar surface area (TPSA) is 53.8 Å². The molecule has 2 aromatic carbocycles. The Morgan fingerprint density at radius 1 is 1.05 bits per heavy atom. The van der Waals surface area contributed by atoms with Crippen LogP contribution < -0.4 is 11.1 Å². The van der Waals surface area contributed by atoms with E-state index in [-0.39, 0.29) is 5.11 Å². The first-order valence-corrected chi connectivity index (χ1v) is 6.38. The molecule has 0 amide bonds. The number of hydrogen-bond acceptors (Lipinski definition) is 1. The van der Waals surface area contributed by atoms with Crippen molar-refractivity contribution in [3.8, 4) is 11.3 Å². The molecule has 0 aliphatic carbocycles. The van der Waals surface area contributed by atoms with Crippen molar-refractivity contribution in [3.63, 3.8) is 0 Å². The van der Waals surface area contributed by atoms with Crippen molar-refractivity contribution in [3.05, 3.63) is 54.6 Å². The molecule has 0 saturated carbocycles. The van der Waals surface area contributed by atoms with Crippen molar-refractivity contribution in [1.29, 1.82) is 0 Å². The summed E-state index contributed by atoms with van der Waals surface area (Å²) >= 11 is 4.81. The van der Waals surface area contributed by atoms with Crippen molar-refractivity contribution in [2.45, 2.75) is 0 Å². The molecule has 94 valence electrons. The predicted octanol–water partition coefficient (Wildman–Crippen LogP) is 3.49. The zero-order valence-electron chi connectivity index (χ0n) is 10.2. The Morgan fingerprint density at radius 3 is 2.47 bits per heavy atom. The molecule has 1 aromatic heterocycles. The number of thiocarbonyl (C=S) groups is 1. The van der Waals surface area contributed by atoms with E-state index in [9.17, 15) is 0 Å². The molecule has 3 nitrogen and oxygen atoms in total. The Labute approximate surface area is 116 Å². The second kappa shape index (κ2) is 4.74. The van der Waals surface area contributed by atoms with Crippen LogP contribution in [0.15, 0.2) is 54.6 Å². The molecule has 0 unspecified atom stereocenters. The standard InChI is InChI=1S/C15H13N3S/c16-15(19)17-12-7-5-10(6-8-12)14-9-11-3-1-2-4-13(11)18-14/h1-9,18H,(H3,16,17,19). The van der Waals surface area contributed by atoms with Gasteiger partial charge in [-0.3, -0.25) is 0 Å². The zero-order chi connectivity index (χ0) is 13.2. The third kappa shape index (κ3) is 2.44. The highest BCUT2D eigenvalue weighted by molar-refractivity contribution is 7.80. The average molecular weight is 267 g/mol. The Morgan fingerprint density at radius 2 is 1.79 bits per heavy atom. The summed E-state index contributed by atoms with van der Waals surface area (Å²) in [7, 11) is 0. The molecule has 0 aliphatic rings. The average Bonchev–Trinajstić information content (AvgIpc) is 2.82. The minimum Gasteiger partial charge on any atom is -0.376 e. The highest BCUT2D eigenvalue weighted by Crippen LogP contribution is 2.25. The van der Waals surface area contributed by atoms with Crippen molar-refractivity contribution in [2.24, 2.45) is 5.73 Å². The lowest BCUT2D eigenvalue weighted by Crippen LogP contribution is -2.18. The van der Waals surface area contributed by atoms with Gasteiger partial charge in [-0.25, -0.2) is 0 Å². The molecule has 0 aliphatic heterocycles. The van der Waals surface area contributed by atoms with Crippen LogP contribution >= 0.6 is 12.2 Å². The van der Waals surface area contributed by atoms with Gasteiger partial charge in [0.15, 0.2) is 5.11 Å². The Bertz CT molecular complexity index is 695. The monoisotopic (exact) mass is 267 g/mol. The number of para-hydroxylation sites is 1. The van der Waals surface area contributed by atoms with E-state index in [0.717, 1.165) is 22.5 Å². The fourth-order valence-electron chi connectivity index (χ4n) is 2.10. The lowest BCUT2D eigenvalue weighted by molar-refractivity contribution is 1.45. The molecule has 19 heavy (non-hydrogen) atoms. The van der Waals surface area contributed by atoms with E-state index in [4.69, 9.17) is 18.0 Å². The van der Waals surface area contributed by atoms with Crippen molar-refractivity contribution < 1.29 is 0 Å². The van der Waals surface area contributed by atoms with Crippen LogP contribution in [0.1, 0.15) is 0 Å². The zero-order valence-corrected chi connectivity index (χ0v) is 11.0. The molecule has 0 atom stereocenters. The van der Waals surface area contributed by atoms with Gasteiger partial charge in [0.2, 0.25) is 0 Å². The first-order chi connectivity index (χ1) is 9.22. The maximum atomic E-state index is 5.44. The van der Waals surface area contributed by atoms with E-state index in [1.54, 1.807) is 0 Å². The molecule has 3 rings (SSSR count). The van der Waals surface area contributed by atoms with Gasteiger partial charge in [-0.1, -0.05) is 30.3 Å². The lowest BCUT2D eigenvalue weighted by Gasteiger charge is -2.04. The van der Waals surface area contributed by atoms with Crippen LogP contribution in [0.4, 0.5) is 5.69 Å². The molecule has 0 fully saturated rings. The number of benzene rings is 2. The molecule has 4 N–H and O–H groups in total. The van der Waals surface area contributed by atoms with Crippen LogP contribution in [0.2, 0.25) is 0 Å². The number of aromatic amines is 1. The first-order valence-electron chi connectivity index (χ1n) is 5.97. The Kier molecular flexibility index (Phi) is 2.93. The molecular weight excluding hydrogens is 254 g/mol. The van der Waals surface area contributed by atoms with Gasteiger partial charge >= 0.3 is 0 Å². The van der Waals surface area contributed by atoms with E-state index in [2.05, 4.69) is 28.5 Å². The van der Waals surface area contributed by atoms with Gasteiger partial charge < -0.3 is 16.0 Å². The molecule has 0 bridgehead atoms. The van der Waals surface area contributed by atoms with Crippen LogP contribution in [0.5, 0.6) is 0 Å². The van der Waals surface area contributed by atoms with E-state index < -0.39 is 0 Å². The van der Waals surface area contributed by atoms with Crippen LogP contribution in [0.3, 0.4) is 0 Å². The Hall–Kier alpha value is -2.33. The van der Waals surface area contributed by atoms with Gasteiger partial charge in [0.25, 0.3) is 0 Å². The van der Waals surface area contributed by atoms with E-state index in [0.29, 0.717) is 0 Å². The third-order valence-corrected chi connectivity index (χ3v) is 3.10. The summed E-state index contributed by atoms with van der Waals surface area (Å²) in [5.41, 5.74) is 9.71. The largest absolute Gasteiger partial charge is 0.376 e. The SMILES string of the molecule is NC(=S)Nc1ccc(-c2cc3ccccc3[nH]2)cc1. The predicted molar refractivity (Wildman–Crippen MR) is 84.1 cm³/mol. The van der Waals surface area contributed by atoms with Crippen LogP contribution in [0, 0.1) is 0 Å². The molecule has 1 heterocycles. The summed E-state index contributed by atoms with van der Waals surface area (Å²) in [4.78, 5) is 3.40. The normalized spacial score (nSPS) is 10.5. The van der Waals surface area contributed by atoms with Gasteiger partial charge in [-0.05, 0) is 42.0 Å². The molecule has 3 aromatic rings. The minimum absolute atomic E-state index is 0.276. The smallest absolute Gasteiger partial charge is 0.168 e. The highest BCUT2D eigenvalue weighted by Gasteiger charge is 2.02. The number of hydrogen-bond donors (Lipinski definition) is 3. The fourth-order valence-corrected chi connectivity index (χ4v) is 2.22.